The van der Waals surface area contributed by atoms with Gasteiger partial charge in [0.15, 0.2) is 0 Å². The van der Waals surface area contributed by atoms with Crippen LogP contribution in [0.4, 0.5) is 0 Å². The van der Waals surface area contributed by atoms with Crippen LogP contribution in [0.5, 0.6) is 5.75 Å². The van der Waals surface area contributed by atoms with Gasteiger partial charge in [-0.3, -0.25) is 0 Å². The van der Waals surface area contributed by atoms with Crippen molar-refractivity contribution in [3.8, 4) is 5.75 Å². The molecule has 2 aromatic carbocycles. The molecule has 0 aliphatic carbocycles. The summed E-state index contributed by atoms with van der Waals surface area (Å²) in [5.74, 6) is 0.873. The lowest BCUT2D eigenvalue weighted by atomic mass is 10.1. The minimum Gasteiger partial charge on any atom is -0.497 e. The van der Waals surface area contributed by atoms with Crippen LogP contribution in [0.1, 0.15) is 21.7 Å². The Kier molecular flexibility index (Phi) is 3.76. The smallest absolute Gasteiger partial charge is 0.118 e. The number of aryl methyl sites for hydroxylation is 2. The van der Waals surface area contributed by atoms with Gasteiger partial charge in [0.1, 0.15) is 10.8 Å². The Labute approximate surface area is 128 Å². The molecule has 3 heteroatoms. The summed E-state index contributed by atoms with van der Waals surface area (Å²) in [5, 5.41) is 1.03. The first-order valence-corrected chi connectivity index (χ1v) is 7.67. The van der Waals surface area contributed by atoms with Crippen LogP contribution in [-0.4, -0.2) is 12.1 Å². The van der Waals surface area contributed by atoms with Gasteiger partial charge in [0.25, 0.3) is 0 Å². The summed E-state index contributed by atoms with van der Waals surface area (Å²) in [4.78, 5) is 4.67. The topological polar surface area (TPSA) is 22.1 Å². The number of fused-ring (bicyclic) bond motifs is 1. The highest BCUT2D eigenvalue weighted by atomic mass is 32.1. The molecular weight excluding hydrogens is 278 g/mol. The quantitative estimate of drug-likeness (QED) is 0.671. The summed E-state index contributed by atoms with van der Waals surface area (Å²) in [5.41, 5.74) is 4.83. The first-order chi connectivity index (χ1) is 10.2. The molecule has 0 fully saturated rings. The first-order valence-electron chi connectivity index (χ1n) is 6.85. The molecule has 0 amide bonds. The van der Waals surface area contributed by atoms with Gasteiger partial charge >= 0.3 is 0 Å². The molecule has 0 N–H and O–H groups in total. The maximum atomic E-state index is 5.16. The lowest BCUT2D eigenvalue weighted by molar-refractivity contribution is 0.415. The molecule has 0 saturated heterocycles. The third kappa shape index (κ3) is 2.98. The van der Waals surface area contributed by atoms with Crippen LogP contribution in [0.3, 0.4) is 0 Å². The lowest BCUT2D eigenvalue weighted by Crippen LogP contribution is -1.81. The summed E-state index contributed by atoms with van der Waals surface area (Å²) in [7, 11) is 1.68. The van der Waals surface area contributed by atoms with E-state index in [0.717, 1.165) is 21.8 Å². The molecule has 0 aliphatic rings. The molecule has 0 aliphatic heterocycles. The van der Waals surface area contributed by atoms with Crippen molar-refractivity contribution >= 4 is 33.7 Å². The van der Waals surface area contributed by atoms with Crippen molar-refractivity contribution in [1.29, 1.82) is 0 Å². The summed E-state index contributed by atoms with van der Waals surface area (Å²) in [6.45, 7) is 4.27. The summed E-state index contributed by atoms with van der Waals surface area (Å²) >= 11 is 1.72. The van der Waals surface area contributed by atoms with Crippen LogP contribution >= 0.6 is 11.3 Å². The van der Waals surface area contributed by atoms with Crippen LogP contribution in [0, 0.1) is 13.8 Å². The van der Waals surface area contributed by atoms with Gasteiger partial charge in [0, 0.05) is 0 Å². The van der Waals surface area contributed by atoms with Crippen molar-refractivity contribution in [3.63, 3.8) is 0 Å². The zero-order valence-electron chi connectivity index (χ0n) is 12.4. The molecule has 1 heterocycles. The second-order valence-corrected chi connectivity index (χ2v) is 6.13. The molecule has 0 unspecified atom stereocenters. The minimum absolute atomic E-state index is 0.873. The standard InChI is InChI=1S/C18H17NOS/c1-12-10-16-17(11-13(12)2)21-18(19-16)9-6-14-4-7-15(20-3)8-5-14/h4-11H,1-3H3/b9-6+. The number of aromatic nitrogens is 1. The van der Waals surface area contributed by atoms with Crippen LogP contribution in [0.25, 0.3) is 22.4 Å². The second kappa shape index (κ2) is 5.70. The summed E-state index contributed by atoms with van der Waals surface area (Å²) in [6, 6.07) is 12.4. The summed E-state index contributed by atoms with van der Waals surface area (Å²) < 4.78 is 6.40. The molecule has 1 aromatic heterocycles. The number of hydrogen-bond donors (Lipinski definition) is 0. The maximum absolute atomic E-state index is 5.16. The molecule has 0 atom stereocenters. The lowest BCUT2D eigenvalue weighted by Gasteiger charge is -1.98. The van der Waals surface area contributed by atoms with E-state index in [1.807, 2.05) is 24.3 Å². The van der Waals surface area contributed by atoms with Crippen LogP contribution in [0.15, 0.2) is 36.4 Å². The van der Waals surface area contributed by atoms with E-state index in [2.05, 4.69) is 43.1 Å². The van der Waals surface area contributed by atoms with E-state index in [0.29, 0.717) is 0 Å². The average molecular weight is 295 g/mol. The molecule has 21 heavy (non-hydrogen) atoms. The highest BCUT2D eigenvalue weighted by Crippen LogP contribution is 2.26. The van der Waals surface area contributed by atoms with E-state index in [4.69, 9.17) is 4.74 Å². The Morgan fingerprint density at radius 1 is 1.00 bits per heavy atom. The Morgan fingerprint density at radius 2 is 1.71 bits per heavy atom. The molecule has 0 radical (unpaired) electrons. The maximum Gasteiger partial charge on any atom is 0.118 e. The average Bonchev–Trinajstić information content (AvgIpc) is 2.88. The molecule has 2 nitrogen and oxygen atoms in total. The van der Waals surface area contributed by atoms with E-state index in [-0.39, 0.29) is 0 Å². The SMILES string of the molecule is COc1ccc(/C=C/c2nc3cc(C)c(C)cc3s2)cc1. The molecule has 0 spiro atoms. The largest absolute Gasteiger partial charge is 0.497 e. The van der Waals surface area contributed by atoms with Crippen LogP contribution < -0.4 is 4.74 Å². The van der Waals surface area contributed by atoms with E-state index in [9.17, 15) is 0 Å². The van der Waals surface area contributed by atoms with Gasteiger partial charge in [-0.15, -0.1) is 11.3 Å². The number of ether oxygens (including phenoxy) is 1. The fourth-order valence-electron chi connectivity index (χ4n) is 2.15. The van der Waals surface area contributed by atoms with Crippen molar-refractivity contribution in [3.05, 3.63) is 58.1 Å². The highest BCUT2D eigenvalue weighted by molar-refractivity contribution is 7.19. The number of nitrogens with zero attached hydrogens (tertiary/aromatic N) is 1. The predicted octanol–water partition coefficient (Wildman–Crippen LogP) is 5.09. The molecule has 0 saturated carbocycles. The Hall–Kier alpha value is -2.13. The Morgan fingerprint density at radius 3 is 2.43 bits per heavy atom. The van der Waals surface area contributed by atoms with Gasteiger partial charge < -0.3 is 4.74 Å². The fourth-order valence-corrected chi connectivity index (χ4v) is 3.10. The van der Waals surface area contributed by atoms with E-state index < -0.39 is 0 Å². The normalized spacial score (nSPS) is 11.4. The van der Waals surface area contributed by atoms with Crippen molar-refractivity contribution in [1.82, 2.24) is 4.98 Å². The molecule has 3 rings (SSSR count). The minimum atomic E-state index is 0.873. The molecule has 106 valence electrons. The third-order valence-electron chi connectivity index (χ3n) is 3.55. The van der Waals surface area contributed by atoms with Gasteiger partial charge in [-0.2, -0.15) is 0 Å². The number of thiazole rings is 1. The molecule has 3 aromatic rings. The van der Waals surface area contributed by atoms with Crippen LogP contribution in [-0.2, 0) is 0 Å². The number of hydrogen-bond acceptors (Lipinski definition) is 3. The van der Waals surface area contributed by atoms with Crippen molar-refractivity contribution in [2.24, 2.45) is 0 Å². The number of methoxy groups -OCH3 is 1. The van der Waals surface area contributed by atoms with E-state index >= 15 is 0 Å². The number of benzene rings is 2. The molecule has 0 bridgehead atoms. The van der Waals surface area contributed by atoms with Crippen molar-refractivity contribution in [2.45, 2.75) is 13.8 Å². The Bertz CT molecular complexity index is 761. The van der Waals surface area contributed by atoms with E-state index in [1.54, 1.807) is 18.4 Å². The third-order valence-corrected chi connectivity index (χ3v) is 4.54. The van der Waals surface area contributed by atoms with E-state index in [1.165, 1.54) is 15.8 Å². The van der Waals surface area contributed by atoms with Gasteiger partial charge in [-0.1, -0.05) is 18.2 Å². The van der Waals surface area contributed by atoms with Crippen molar-refractivity contribution < 1.29 is 4.74 Å². The van der Waals surface area contributed by atoms with Gasteiger partial charge in [0.05, 0.1) is 17.3 Å². The summed E-state index contributed by atoms with van der Waals surface area (Å²) in [6.07, 6.45) is 4.15. The first kappa shape index (κ1) is 13.8. The van der Waals surface area contributed by atoms with Gasteiger partial charge in [-0.05, 0) is 60.9 Å². The second-order valence-electron chi connectivity index (χ2n) is 5.06. The zero-order chi connectivity index (χ0) is 14.8. The zero-order valence-corrected chi connectivity index (χ0v) is 13.2. The fraction of sp³-hybridized carbons (Fsp3) is 0.167. The van der Waals surface area contributed by atoms with Gasteiger partial charge in [-0.25, -0.2) is 4.98 Å². The van der Waals surface area contributed by atoms with Crippen molar-refractivity contribution in [2.75, 3.05) is 7.11 Å². The predicted molar refractivity (Wildman–Crippen MR) is 91.0 cm³/mol. The van der Waals surface area contributed by atoms with Crippen LogP contribution in [0.2, 0.25) is 0 Å². The monoisotopic (exact) mass is 295 g/mol. The van der Waals surface area contributed by atoms with Gasteiger partial charge in [0.2, 0.25) is 0 Å². The number of rotatable bonds is 3. The molecular formula is C18H17NOS. The Balaban J connectivity index is 1.88. The highest BCUT2D eigenvalue weighted by Gasteiger charge is 2.03.